The SMILES string of the molecule is N[C@H]1C[C@@H]2CCCCN2C1. The van der Waals surface area contributed by atoms with Crippen LogP contribution in [0.3, 0.4) is 0 Å². The van der Waals surface area contributed by atoms with Crippen LogP contribution < -0.4 is 5.73 Å². The van der Waals surface area contributed by atoms with Crippen LogP contribution in [0.4, 0.5) is 0 Å². The summed E-state index contributed by atoms with van der Waals surface area (Å²) in [6, 6.07) is 1.33. The number of nitrogens with two attached hydrogens (primary N) is 1. The van der Waals surface area contributed by atoms with Crippen molar-refractivity contribution in [2.45, 2.75) is 37.8 Å². The number of hydrogen-bond donors (Lipinski definition) is 1. The highest BCUT2D eigenvalue weighted by Gasteiger charge is 2.30. The number of nitrogens with zero attached hydrogens (tertiary/aromatic N) is 1. The average molecular weight is 140 g/mol. The molecule has 58 valence electrons. The zero-order valence-corrected chi connectivity index (χ0v) is 6.42. The van der Waals surface area contributed by atoms with Crippen molar-refractivity contribution >= 4 is 0 Å². The summed E-state index contributed by atoms with van der Waals surface area (Å²) in [5.74, 6) is 0. The Morgan fingerprint density at radius 3 is 3.00 bits per heavy atom. The second kappa shape index (κ2) is 2.51. The van der Waals surface area contributed by atoms with Crippen molar-refractivity contribution in [3.8, 4) is 0 Å². The van der Waals surface area contributed by atoms with E-state index in [0.717, 1.165) is 12.6 Å². The molecular weight excluding hydrogens is 124 g/mol. The van der Waals surface area contributed by atoms with Crippen LogP contribution in [0, 0.1) is 0 Å². The van der Waals surface area contributed by atoms with E-state index in [0.29, 0.717) is 6.04 Å². The molecule has 2 atom stereocenters. The van der Waals surface area contributed by atoms with Crippen molar-refractivity contribution in [2.24, 2.45) is 5.73 Å². The Morgan fingerprint density at radius 1 is 1.30 bits per heavy atom. The summed E-state index contributed by atoms with van der Waals surface area (Å²) in [5.41, 5.74) is 5.85. The topological polar surface area (TPSA) is 29.3 Å². The minimum atomic E-state index is 0.475. The Morgan fingerprint density at radius 2 is 2.20 bits per heavy atom. The first-order valence-corrected chi connectivity index (χ1v) is 4.36. The van der Waals surface area contributed by atoms with Crippen LogP contribution in [0.15, 0.2) is 0 Å². The minimum Gasteiger partial charge on any atom is -0.326 e. The molecule has 0 aliphatic carbocycles. The van der Waals surface area contributed by atoms with Gasteiger partial charge in [0, 0.05) is 18.6 Å². The zero-order chi connectivity index (χ0) is 6.97. The van der Waals surface area contributed by atoms with Crippen LogP contribution in [0.1, 0.15) is 25.7 Å². The van der Waals surface area contributed by atoms with Gasteiger partial charge in [-0.05, 0) is 25.8 Å². The van der Waals surface area contributed by atoms with Crippen LogP contribution in [-0.4, -0.2) is 30.1 Å². The number of piperidine rings is 1. The zero-order valence-electron chi connectivity index (χ0n) is 6.42. The second-order valence-corrected chi connectivity index (χ2v) is 3.64. The Hall–Kier alpha value is -0.0800. The largest absolute Gasteiger partial charge is 0.326 e. The molecule has 0 saturated carbocycles. The van der Waals surface area contributed by atoms with Gasteiger partial charge in [0.05, 0.1) is 0 Å². The summed E-state index contributed by atoms with van der Waals surface area (Å²) in [6.45, 7) is 2.46. The van der Waals surface area contributed by atoms with E-state index in [1.807, 2.05) is 0 Å². The molecule has 0 bridgehead atoms. The first-order valence-electron chi connectivity index (χ1n) is 4.36. The Balaban J connectivity index is 1.97. The molecule has 2 heterocycles. The first-order chi connectivity index (χ1) is 4.86. The van der Waals surface area contributed by atoms with Gasteiger partial charge in [0.15, 0.2) is 0 Å². The number of hydrogen-bond acceptors (Lipinski definition) is 2. The monoisotopic (exact) mass is 140 g/mol. The van der Waals surface area contributed by atoms with E-state index < -0.39 is 0 Å². The van der Waals surface area contributed by atoms with Gasteiger partial charge in [-0.25, -0.2) is 0 Å². The fraction of sp³-hybridized carbons (Fsp3) is 1.00. The molecule has 2 aliphatic heterocycles. The molecule has 2 nitrogen and oxygen atoms in total. The van der Waals surface area contributed by atoms with E-state index in [9.17, 15) is 0 Å². The van der Waals surface area contributed by atoms with Gasteiger partial charge in [-0.2, -0.15) is 0 Å². The van der Waals surface area contributed by atoms with E-state index >= 15 is 0 Å². The summed E-state index contributed by atoms with van der Waals surface area (Å²) in [5, 5.41) is 0. The molecule has 2 rings (SSSR count). The maximum Gasteiger partial charge on any atom is 0.0182 e. The number of rotatable bonds is 0. The maximum atomic E-state index is 5.85. The van der Waals surface area contributed by atoms with Gasteiger partial charge in [-0.1, -0.05) is 6.42 Å². The average Bonchev–Trinajstić information content (AvgIpc) is 2.27. The molecule has 2 aliphatic rings. The van der Waals surface area contributed by atoms with Crippen LogP contribution in [-0.2, 0) is 0 Å². The fourth-order valence-corrected chi connectivity index (χ4v) is 2.29. The molecule has 0 aromatic rings. The predicted molar refractivity (Wildman–Crippen MR) is 41.8 cm³/mol. The molecule has 0 spiro atoms. The van der Waals surface area contributed by atoms with Crippen molar-refractivity contribution in [2.75, 3.05) is 13.1 Å². The van der Waals surface area contributed by atoms with Crippen LogP contribution >= 0.6 is 0 Å². The molecule has 0 aromatic heterocycles. The first kappa shape index (κ1) is 6.62. The highest BCUT2D eigenvalue weighted by molar-refractivity contribution is 4.89. The molecular formula is C8H16N2. The molecule has 2 heteroatoms. The molecule has 10 heavy (non-hydrogen) atoms. The normalized spacial score (nSPS) is 41.7. The standard InChI is InChI=1S/C8H16N2/c9-7-5-8-3-1-2-4-10(8)6-7/h7-8H,1-6,9H2/t7-,8-/m0/s1. The number of fused-ring (bicyclic) bond motifs is 1. The maximum absolute atomic E-state index is 5.85. The van der Waals surface area contributed by atoms with Crippen LogP contribution in [0.2, 0.25) is 0 Å². The van der Waals surface area contributed by atoms with Gasteiger partial charge in [0.2, 0.25) is 0 Å². The van der Waals surface area contributed by atoms with Gasteiger partial charge >= 0.3 is 0 Å². The van der Waals surface area contributed by atoms with Crippen molar-refractivity contribution in [1.82, 2.24) is 4.90 Å². The van der Waals surface area contributed by atoms with Gasteiger partial charge in [-0.15, -0.1) is 0 Å². The molecule has 2 N–H and O–H groups in total. The van der Waals surface area contributed by atoms with Crippen LogP contribution in [0.5, 0.6) is 0 Å². The smallest absolute Gasteiger partial charge is 0.0182 e. The highest BCUT2D eigenvalue weighted by Crippen LogP contribution is 2.25. The van der Waals surface area contributed by atoms with Crippen molar-refractivity contribution in [1.29, 1.82) is 0 Å². The van der Waals surface area contributed by atoms with E-state index in [-0.39, 0.29) is 0 Å². The lowest BCUT2D eigenvalue weighted by molar-refractivity contribution is 0.197. The van der Waals surface area contributed by atoms with Gasteiger partial charge in [-0.3, -0.25) is 4.90 Å². The molecule has 2 fully saturated rings. The predicted octanol–water partition coefficient (Wildman–Crippen LogP) is 0.572. The fourth-order valence-electron chi connectivity index (χ4n) is 2.29. The molecule has 0 radical (unpaired) electrons. The molecule has 2 saturated heterocycles. The summed E-state index contributed by atoms with van der Waals surface area (Å²) in [6.07, 6.45) is 5.46. The van der Waals surface area contributed by atoms with E-state index in [2.05, 4.69) is 4.90 Å². The quantitative estimate of drug-likeness (QED) is 0.533. The van der Waals surface area contributed by atoms with Gasteiger partial charge in [0.1, 0.15) is 0 Å². The van der Waals surface area contributed by atoms with Crippen molar-refractivity contribution in [3.63, 3.8) is 0 Å². The Labute approximate surface area is 62.4 Å². The molecule has 0 unspecified atom stereocenters. The lowest BCUT2D eigenvalue weighted by Gasteiger charge is -2.28. The van der Waals surface area contributed by atoms with Gasteiger partial charge in [0.25, 0.3) is 0 Å². The Kier molecular flexibility index (Phi) is 1.66. The van der Waals surface area contributed by atoms with Crippen molar-refractivity contribution < 1.29 is 0 Å². The molecule has 0 amide bonds. The Bertz CT molecular complexity index is 110. The van der Waals surface area contributed by atoms with Gasteiger partial charge < -0.3 is 5.73 Å². The van der Waals surface area contributed by atoms with Crippen molar-refractivity contribution in [3.05, 3.63) is 0 Å². The summed E-state index contributed by atoms with van der Waals surface area (Å²) < 4.78 is 0. The summed E-state index contributed by atoms with van der Waals surface area (Å²) in [4.78, 5) is 2.56. The second-order valence-electron chi connectivity index (χ2n) is 3.64. The minimum absolute atomic E-state index is 0.475. The third kappa shape index (κ3) is 1.06. The third-order valence-electron chi connectivity index (χ3n) is 2.79. The van der Waals surface area contributed by atoms with E-state index in [1.165, 1.54) is 32.2 Å². The third-order valence-corrected chi connectivity index (χ3v) is 2.79. The molecule has 0 aromatic carbocycles. The lowest BCUT2D eigenvalue weighted by atomic mass is 10.0. The van der Waals surface area contributed by atoms with Crippen LogP contribution in [0.25, 0.3) is 0 Å². The lowest BCUT2D eigenvalue weighted by Crippen LogP contribution is -2.34. The summed E-state index contributed by atoms with van der Waals surface area (Å²) in [7, 11) is 0. The summed E-state index contributed by atoms with van der Waals surface area (Å²) >= 11 is 0. The van der Waals surface area contributed by atoms with E-state index in [1.54, 1.807) is 0 Å². The van der Waals surface area contributed by atoms with E-state index in [4.69, 9.17) is 5.73 Å². The highest BCUT2D eigenvalue weighted by atomic mass is 15.2.